The van der Waals surface area contributed by atoms with Crippen LogP contribution in [0.5, 0.6) is 0 Å². The van der Waals surface area contributed by atoms with Crippen molar-refractivity contribution in [2.24, 2.45) is 27.2 Å². The van der Waals surface area contributed by atoms with Crippen LogP contribution in [0.3, 0.4) is 0 Å². The minimum Gasteiger partial charge on any atom is -0.370 e. The lowest BCUT2D eigenvalue weighted by Gasteiger charge is -2.01. The zero-order valence-corrected chi connectivity index (χ0v) is 13.4. The van der Waals surface area contributed by atoms with E-state index in [9.17, 15) is 0 Å². The molecule has 18 heavy (non-hydrogen) atoms. The van der Waals surface area contributed by atoms with E-state index in [0.717, 1.165) is 20.9 Å². The highest BCUT2D eigenvalue weighted by Crippen LogP contribution is 2.23. The third-order valence-corrected chi connectivity index (χ3v) is 3.78. The quantitative estimate of drug-likeness (QED) is 0.533. The van der Waals surface area contributed by atoms with Crippen LogP contribution in [-0.2, 0) is 6.42 Å². The third-order valence-electron chi connectivity index (χ3n) is 1.90. The predicted molar refractivity (Wildman–Crippen MR) is 85.1 cm³/mol. The fourth-order valence-electron chi connectivity index (χ4n) is 1.16. The predicted octanol–water partition coefficient (Wildman–Crippen LogP) is 1.76. The van der Waals surface area contributed by atoms with Crippen LogP contribution < -0.4 is 17.2 Å². The van der Waals surface area contributed by atoms with Crippen molar-refractivity contribution in [2.75, 3.05) is 6.54 Å². The number of aliphatic imine (C=N–C) groups is 2. The summed E-state index contributed by atoms with van der Waals surface area (Å²) in [6.07, 6.45) is 0.770. The SMILES string of the molecule is Cl.NC(N)=NC(N)=NCCc1ccc(Br)c(Br)c1. The maximum atomic E-state index is 5.48. The summed E-state index contributed by atoms with van der Waals surface area (Å²) < 4.78 is 2.03. The van der Waals surface area contributed by atoms with E-state index in [2.05, 4.69) is 41.8 Å². The molecular formula is C10H14Br2ClN5. The molecule has 8 heteroatoms. The summed E-state index contributed by atoms with van der Waals surface area (Å²) in [5.74, 6) is 0.0128. The zero-order chi connectivity index (χ0) is 12.8. The number of rotatable bonds is 3. The second-order valence-corrected chi connectivity index (χ2v) is 4.98. The van der Waals surface area contributed by atoms with Gasteiger partial charge in [-0.2, -0.15) is 4.99 Å². The lowest BCUT2D eigenvalue weighted by molar-refractivity contribution is 0.960. The fourth-order valence-corrected chi connectivity index (χ4v) is 1.84. The van der Waals surface area contributed by atoms with Gasteiger partial charge in [0.15, 0.2) is 5.96 Å². The summed E-state index contributed by atoms with van der Waals surface area (Å²) >= 11 is 6.85. The van der Waals surface area contributed by atoms with E-state index < -0.39 is 0 Å². The Hall–Kier alpha value is -0.790. The number of guanidine groups is 2. The number of nitrogens with zero attached hydrogens (tertiary/aromatic N) is 2. The van der Waals surface area contributed by atoms with E-state index >= 15 is 0 Å². The third kappa shape index (κ3) is 6.23. The molecule has 100 valence electrons. The number of nitrogens with two attached hydrogens (primary N) is 3. The second-order valence-electron chi connectivity index (χ2n) is 3.28. The van der Waals surface area contributed by atoms with Crippen molar-refractivity contribution in [1.29, 1.82) is 0 Å². The highest BCUT2D eigenvalue weighted by atomic mass is 79.9. The lowest BCUT2D eigenvalue weighted by atomic mass is 10.2. The first kappa shape index (κ1) is 17.2. The minimum absolute atomic E-state index is 0. The van der Waals surface area contributed by atoms with E-state index in [1.807, 2.05) is 18.2 Å². The van der Waals surface area contributed by atoms with Crippen LogP contribution in [0.15, 0.2) is 37.1 Å². The van der Waals surface area contributed by atoms with Crippen molar-refractivity contribution in [3.8, 4) is 0 Å². The molecule has 0 saturated carbocycles. The molecule has 0 heterocycles. The summed E-state index contributed by atoms with van der Waals surface area (Å²) in [7, 11) is 0. The molecule has 5 nitrogen and oxygen atoms in total. The Labute approximate surface area is 129 Å². The van der Waals surface area contributed by atoms with Crippen molar-refractivity contribution < 1.29 is 0 Å². The van der Waals surface area contributed by atoms with Crippen LogP contribution in [0.1, 0.15) is 5.56 Å². The summed E-state index contributed by atoms with van der Waals surface area (Å²) in [6, 6.07) is 6.01. The molecule has 0 unspecified atom stereocenters. The largest absolute Gasteiger partial charge is 0.370 e. The lowest BCUT2D eigenvalue weighted by Crippen LogP contribution is -2.26. The van der Waals surface area contributed by atoms with Crippen LogP contribution >= 0.6 is 44.3 Å². The molecule has 0 spiro atoms. The molecule has 1 rings (SSSR count). The van der Waals surface area contributed by atoms with Crippen LogP contribution in [0.2, 0.25) is 0 Å². The normalized spacial score (nSPS) is 10.7. The van der Waals surface area contributed by atoms with E-state index in [-0.39, 0.29) is 24.3 Å². The molecule has 0 bridgehead atoms. The summed E-state index contributed by atoms with van der Waals surface area (Å²) in [4.78, 5) is 7.66. The molecule has 0 atom stereocenters. The first-order valence-corrected chi connectivity index (χ1v) is 6.41. The van der Waals surface area contributed by atoms with E-state index in [1.165, 1.54) is 0 Å². The molecule has 0 amide bonds. The summed E-state index contributed by atoms with van der Waals surface area (Å²) in [5.41, 5.74) is 17.0. The maximum absolute atomic E-state index is 5.48. The number of halogens is 3. The molecule has 0 fully saturated rings. The van der Waals surface area contributed by atoms with Crippen LogP contribution in [0, 0.1) is 0 Å². The van der Waals surface area contributed by atoms with Gasteiger partial charge in [0.05, 0.1) is 0 Å². The average Bonchev–Trinajstić information content (AvgIpc) is 2.22. The fraction of sp³-hybridized carbons (Fsp3) is 0.200. The number of hydrogen-bond donors (Lipinski definition) is 3. The van der Waals surface area contributed by atoms with Gasteiger partial charge in [-0.25, -0.2) is 0 Å². The molecule has 0 aromatic heterocycles. The van der Waals surface area contributed by atoms with Gasteiger partial charge >= 0.3 is 0 Å². The molecule has 0 saturated heterocycles. The van der Waals surface area contributed by atoms with Crippen LogP contribution in [-0.4, -0.2) is 18.5 Å². The van der Waals surface area contributed by atoms with Crippen molar-refractivity contribution in [1.82, 2.24) is 0 Å². The molecule has 0 radical (unpaired) electrons. The number of benzene rings is 1. The molecule has 0 aliphatic rings. The van der Waals surface area contributed by atoms with Gasteiger partial charge in [0.1, 0.15) is 0 Å². The van der Waals surface area contributed by atoms with Gasteiger partial charge in [0.2, 0.25) is 5.96 Å². The van der Waals surface area contributed by atoms with Crippen LogP contribution in [0.4, 0.5) is 0 Å². The van der Waals surface area contributed by atoms with Crippen molar-refractivity contribution in [3.63, 3.8) is 0 Å². The van der Waals surface area contributed by atoms with Gasteiger partial charge in [0.25, 0.3) is 0 Å². The van der Waals surface area contributed by atoms with E-state index in [1.54, 1.807) is 0 Å². The van der Waals surface area contributed by atoms with Gasteiger partial charge in [-0.3, -0.25) is 4.99 Å². The molecule has 1 aromatic rings. The zero-order valence-electron chi connectivity index (χ0n) is 9.44. The first-order chi connectivity index (χ1) is 7.99. The Morgan fingerprint density at radius 2 is 1.78 bits per heavy atom. The molecule has 0 aliphatic carbocycles. The Morgan fingerprint density at radius 3 is 2.33 bits per heavy atom. The molecule has 0 aliphatic heterocycles. The highest BCUT2D eigenvalue weighted by Gasteiger charge is 1.98. The smallest absolute Gasteiger partial charge is 0.218 e. The highest BCUT2D eigenvalue weighted by molar-refractivity contribution is 9.13. The van der Waals surface area contributed by atoms with Gasteiger partial charge in [-0.15, -0.1) is 12.4 Å². The second kappa shape index (κ2) is 8.34. The molecular weight excluding hydrogens is 385 g/mol. The summed E-state index contributed by atoms with van der Waals surface area (Å²) in [6.45, 7) is 0.538. The maximum Gasteiger partial charge on any atom is 0.218 e. The van der Waals surface area contributed by atoms with Gasteiger partial charge in [-0.1, -0.05) is 6.07 Å². The Balaban J connectivity index is 0.00000289. The summed E-state index contributed by atoms with van der Waals surface area (Å²) in [5, 5.41) is 0. The Kier molecular flexibility index (Phi) is 7.97. The topological polar surface area (TPSA) is 103 Å². The standard InChI is InChI=1S/C10H13Br2N5.ClH/c11-7-2-1-6(5-8(7)12)3-4-16-10(15)17-9(13)14;/h1-2,5H,3-4H2,(H6,13,14,15,16,17);1H. The van der Waals surface area contributed by atoms with Gasteiger partial charge < -0.3 is 17.2 Å². The van der Waals surface area contributed by atoms with Crippen molar-refractivity contribution >= 4 is 56.2 Å². The van der Waals surface area contributed by atoms with E-state index in [0.29, 0.717) is 6.54 Å². The molecule has 6 N–H and O–H groups in total. The monoisotopic (exact) mass is 397 g/mol. The van der Waals surface area contributed by atoms with Crippen molar-refractivity contribution in [3.05, 3.63) is 32.7 Å². The van der Waals surface area contributed by atoms with Crippen LogP contribution in [0.25, 0.3) is 0 Å². The average molecular weight is 400 g/mol. The van der Waals surface area contributed by atoms with E-state index in [4.69, 9.17) is 17.2 Å². The number of hydrogen-bond acceptors (Lipinski definition) is 1. The Bertz CT molecular complexity index is 458. The van der Waals surface area contributed by atoms with Gasteiger partial charge in [0, 0.05) is 15.5 Å². The van der Waals surface area contributed by atoms with Gasteiger partial charge in [-0.05, 0) is 56.0 Å². The molecule has 1 aromatic carbocycles. The Morgan fingerprint density at radius 1 is 1.11 bits per heavy atom. The minimum atomic E-state index is -0.0855. The van der Waals surface area contributed by atoms with Crippen molar-refractivity contribution in [2.45, 2.75) is 6.42 Å². The first-order valence-electron chi connectivity index (χ1n) is 4.82.